The second-order valence-electron chi connectivity index (χ2n) is 20.1. The lowest BCUT2D eigenvalue weighted by Gasteiger charge is -2.43. The van der Waals surface area contributed by atoms with Gasteiger partial charge in [0.1, 0.15) is 35.4 Å². The van der Waals surface area contributed by atoms with Crippen molar-refractivity contribution in [2.75, 3.05) is 63.0 Å². The Kier molecular flexibility index (Phi) is 12.7. The number of benzene rings is 3. The summed E-state index contributed by atoms with van der Waals surface area (Å²) in [7, 11) is 0. The van der Waals surface area contributed by atoms with Gasteiger partial charge in [-0.1, -0.05) is 31.0 Å². The van der Waals surface area contributed by atoms with Crippen LogP contribution in [-0.4, -0.2) is 133 Å². The normalized spacial score (nSPS) is 22.2. The van der Waals surface area contributed by atoms with E-state index in [9.17, 15) is 24.0 Å². The molecule has 17 heteroatoms. The number of likely N-dealkylation sites (tertiary alicyclic amines) is 3. The molecule has 0 bridgehead atoms. The van der Waals surface area contributed by atoms with Crippen molar-refractivity contribution in [1.82, 2.24) is 44.7 Å². The number of carbonyl (C=O) groups excluding carboxylic acids is 5. The summed E-state index contributed by atoms with van der Waals surface area (Å²) in [5.41, 5.74) is 10.5. The van der Waals surface area contributed by atoms with E-state index in [0.717, 1.165) is 148 Å². The number of nitrogens with two attached hydrogens (primary N) is 1. The minimum Gasteiger partial charge on any atom is -0.457 e. The zero-order chi connectivity index (χ0) is 47.9. The third kappa shape index (κ3) is 9.06. The molecule has 17 nitrogen and oxygen atoms in total. The van der Waals surface area contributed by atoms with Crippen LogP contribution < -0.4 is 20.7 Å². The molecule has 3 N–H and O–H groups in total. The molecule has 0 spiro atoms. The van der Waals surface area contributed by atoms with Gasteiger partial charge in [-0.2, -0.15) is 5.10 Å². The minimum atomic E-state index is -0.968. The van der Waals surface area contributed by atoms with Gasteiger partial charge in [-0.05, 0) is 131 Å². The first kappa shape index (κ1) is 45.6. The number of urea groups is 1. The monoisotopic (exact) mass is 947 g/mol. The van der Waals surface area contributed by atoms with E-state index < -0.39 is 23.8 Å². The number of hydrogen-bond donors (Lipinski definition) is 2. The van der Waals surface area contributed by atoms with E-state index in [2.05, 4.69) is 34.6 Å². The second kappa shape index (κ2) is 19.5. The second-order valence-corrected chi connectivity index (χ2v) is 20.1. The van der Waals surface area contributed by atoms with Crippen molar-refractivity contribution < 1.29 is 28.7 Å². The fraction of sp³-hybridized carbons (Fsp3) is 0.472. The van der Waals surface area contributed by atoms with Crippen LogP contribution in [0.4, 0.5) is 16.3 Å². The van der Waals surface area contributed by atoms with Gasteiger partial charge in [0, 0.05) is 69.5 Å². The number of nitrogens with one attached hydrogen (secondary N) is 1. The highest BCUT2D eigenvalue weighted by Crippen LogP contribution is 2.38. The van der Waals surface area contributed by atoms with Crippen molar-refractivity contribution in [1.29, 1.82) is 0 Å². The molecular formula is C53H61N11O6. The number of piperidine rings is 5. The number of amides is 6. The maximum absolute atomic E-state index is 13.8. The van der Waals surface area contributed by atoms with Gasteiger partial charge in [-0.15, -0.1) is 0 Å². The summed E-state index contributed by atoms with van der Waals surface area (Å²) in [5.74, 6) is 1.24. The molecule has 2 unspecified atom stereocenters. The van der Waals surface area contributed by atoms with Gasteiger partial charge in [0.2, 0.25) is 11.8 Å². The molecule has 2 atom stereocenters. The lowest BCUT2D eigenvalue weighted by Crippen LogP contribution is -2.54. The number of para-hydroxylation sites is 1. The summed E-state index contributed by atoms with van der Waals surface area (Å²) >= 11 is 0. The van der Waals surface area contributed by atoms with E-state index in [4.69, 9.17) is 20.6 Å². The summed E-state index contributed by atoms with van der Waals surface area (Å²) < 4.78 is 8.11. The SMILES string of the molecule is Nc1ncnc2c1c(-c1ccc(Oc3ccccc3)cc1)nn2C1CCCN(C2CCN(C(=O)N3CCC(CCC4CCN(c5ccc6c(c5)C(=O)N(C5CCC(=O)NC5=O)C6=O)CC4)CC3)CC2)C1. The van der Waals surface area contributed by atoms with Crippen molar-refractivity contribution in [3.63, 3.8) is 0 Å². The maximum Gasteiger partial charge on any atom is 0.319 e. The predicted octanol–water partition coefficient (Wildman–Crippen LogP) is 6.90. The Morgan fingerprint density at radius 2 is 1.37 bits per heavy atom. The first-order valence-corrected chi connectivity index (χ1v) is 25.4. The maximum atomic E-state index is 13.8. The minimum absolute atomic E-state index is 0.0964. The number of nitrogen functional groups attached to an aromatic ring is 1. The Hall–Kier alpha value is -6.88. The standard InChI is InChI=1S/C53H61N11O6/c54-48-46-47(36-10-13-41(14-11-36)70-40-6-2-1-3-7-40)58-64(49(46)56-33-55-48)39-5-4-24-62(32-39)37-22-29-61(30-23-37)53(69)60-27-20-35(21-28-60)9-8-34-18-25-59(26-19-34)38-12-15-42-43(31-38)52(68)63(51(42)67)44-16-17-45(65)57-50(44)66/h1-3,6-7,10-15,31,33-35,37,39,44H,4-5,8-9,16-30,32H2,(H2,54,55,56)(H,57,65,66). The lowest BCUT2D eigenvalue weighted by atomic mass is 9.85. The quantitative estimate of drug-likeness (QED) is 0.138. The summed E-state index contributed by atoms with van der Waals surface area (Å²) in [5, 5.41) is 8.21. The van der Waals surface area contributed by atoms with Gasteiger partial charge in [0.25, 0.3) is 11.8 Å². The van der Waals surface area contributed by atoms with Crippen molar-refractivity contribution in [3.8, 4) is 22.8 Å². The molecule has 3 aromatic carbocycles. The third-order valence-corrected chi connectivity index (χ3v) is 15.9. The molecule has 5 saturated heterocycles. The van der Waals surface area contributed by atoms with Crippen LogP contribution in [0.15, 0.2) is 79.1 Å². The fourth-order valence-corrected chi connectivity index (χ4v) is 11.9. The molecule has 5 aromatic rings. The smallest absolute Gasteiger partial charge is 0.319 e. The Morgan fingerprint density at radius 1 is 0.700 bits per heavy atom. The summed E-state index contributed by atoms with van der Waals surface area (Å²) in [6.07, 6.45) is 12.3. The Labute approximate surface area is 407 Å². The van der Waals surface area contributed by atoms with Crippen LogP contribution in [0, 0.1) is 11.8 Å². The molecule has 0 saturated carbocycles. The highest BCUT2D eigenvalue weighted by Gasteiger charge is 2.45. The highest BCUT2D eigenvalue weighted by atomic mass is 16.5. The highest BCUT2D eigenvalue weighted by molar-refractivity contribution is 6.23. The van der Waals surface area contributed by atoms with E-state index in [0.29, 0.717) is 34.8 Å². The van der Waals surface area contributed by atoms with Crippen LogP contribution in [0.2, 0.25) is 0 Å². The van der Waals surface area contributed by atoms with Gasteiger partial charge in [-0.3, -0.25) is 34.3 Å². The van der Waals surface area contributed by atoms with Gasteiger partial charge in [-0.25, -0.2) is 19.4 Å². The number of carbonyl (C=O) groups is 5. The van der Waals surface area contributed by atoms with Crippen LogP contribution in [0.5, 0.6) is 11.5 Å². The zero-order valence-electron chi connectivity index (χ0n) is 39.6. The van der Waals surface area contributed by atoms with Crippen LogP contribution in [0.25, 0.3) is 22.3 Å². The van der Waals surface area contributed by atoms with Crippen LogP contribution in [-0.2, 0) is 9.59 Å². The summed E-state index contributed by atoms with van der Waals surface area (Å²) in [4.78, 5) is 83.7. The van der Waals surface area contributed by atoms with E-state index >= 15 is 0 Å². The average Bonchev–Trinajstić information content (AvgIpc) is 3.91. The summed E-state index contributed by atoms with van der Waals surface area (Å²) in [6.45, 7) is 6.82. The van der Waals surface area contributed by atoms with E-state index in [1.807, 2.05) is 60.7 Å². The molecule has 6 aliphatic rings. The average molecular weight is 948 g/mol. The third-order valence-electron chi connectivity index (χ3n) is 15.9. The Bertz CT molecular complexity index is 2780. The number of ether oxygens (including phenoxy) is 1. The largest absolute Gasteiger partial charge is 0.457 e. The molecule has 0 aliphatic carbocycles. The molecule has 2 aromatic heterocycles. The molecule has 8 heterocycles. The van der Waals surface area contributed by atoms with Gasteiger partial charge >= 0.3 is 6.03 Å². The predicted molar refractivity (Wildman–Crippen MR) is 263 cm³/mol. The number of rotatable bonds is 10. The molecule has 6 amide bonds. The van der Waals surface area contributed by atoms with Crippen molar-refractivity contribution in [2.24, 2.45) is 11.8 Å². The number of fused-ring (bicyclic) bond motifs is 2. The fourth-order valence-electron chi connectivity index (χ4n) is 11.9. The van der Waals surface area contributed by atoms with Gasteiger partial charge < -0.3 is 25.2 Å². The van der Waals surface area contributed by atoms with E-state index in [-0.39, 0.29) is 30.8 Å². The number of imide groups is 2. The van der Waals surface area contributed by atoms with Gasteiger partial charge in [0.15, 0.2) is 5.65 Å². The Morgan fingerprint density at radius 3 is 2.09 bits per heavy atom. The molecule has 6 aliphatic heterocycles. The van der Waals surface area contributed by atoms with Crippen molar-refractivity contribution in [2.45, 2.75) is 95.2 Å². The van der Waals surface area contributed by atoms with Gasteiger partial charge in [0.05, 0.1) is 22.6 Å². The van der Waals surface area contributed by atoms with Crippen LogP contribution >= 0.6 is 0 Å². The molecule has 70 heavy (non-hydrogen) atoms. The lowest BCUT2D eigenvalue weighted by molar-refractivity contribution is -0.136. The van der Waals surface area contributed by atoms with Crippen LogP contribution in [0.3, 0.4) is 0 Å². The molecule has 5 fully saturated rings. The zero-order valence-corrected chi connectivity index (χ0v) is 39.6. The number of hydrogen-bond acceptors (Lipinski definition) is 12. The molecular weight excluding hydrogens is 887 g/mol. The van der Waals surface area contributed by atoms with Crippen molar-refractivity contribution >= 4 is 52.2 Å². The van der Waals surface area contributed by atoms with Crippen LogP contribution in [0.1, 0.15) is 104 Å². The molecule has 0 radical (unpaired) electrons. The topological polar surface area (TPSA) is 192 Å². The number of anilines is 2. The first-order valence-electron chi connectivity index (χ1n) is 25.4. The molecule has 11 rings (SSSR count). The number of nitrogens with zero attached hydrogens (tertiary/aromatic N) is 9. The molecule has 364 valence electrons. The Balaban J connectivity index is 0.625. The number of aromatic nitrogens is 4. The van der Waals surface area contributed by atoms with E-state index in [1.165, 1.54) is 19.2 Å². The first-order chi connectivity index (χ1) is 34.1. The van der Waals surface area contributed by atoms with E-state index in [1.54, 1.807) is 12.1 Å². The van der Waals surface area contributed by atoms with Crippen molar-refractivity contribution in [3.05, 3.63) is 90.3 Å². The summed E-state index contributed by atoms with van der Waals surface area (Å²) in [6, 6.07) is 22.8.